The van der Waals surface area contributed by atoms with Crippen LogP contribution in [0.3, 0.4) is 0 Å². The molecule has 0 spiro atoms. The number of benzene rings is 2. The summed E-state index contributed by atoms with van der Waals surface area (Å²) in [7, 11) is -3.90. The van der Waals surface area contributed by atoms with Crippen LogP contribution in [0.25, 0.3) is 0 Å². The maximum Gasteiger partial charge on any atom is 0.261 e. The van der Waals surface area contributed by atoms with Gasteiger partial charge in [-0.05, 0) is 37.3 Å². The van der Waals surface area contributed by atoms with E-state index >= 15 is 0 Å². The molecule has 0 radical (unpaired) electrons. The molecule has 116 valence electrons. The number of anilines is 2. The number of rotatable bonds is 4. The van der Waals surface area contributed by atoms with Gasteiger partial charge in [-0.3, -0.25) is 9.52 Å². The maximum atomic E-state index is 13.8. The summed E-state index contributed by atoms with van der Waals surface area (Å²) in [6.45, 7) is 3.14. The van der Waals surface area contributed by atoms with Gasteiger partial charge >= 0.3 is 0 Å². The van der Waals surface area contributed by atoms with Crippen molar-refractivity contribution in [2.24, 2.45) is 0 Å². The molecule has 5 nitrogen and oxygen atoms in total. The van der Waals surface area contributed by atoms with Crippen LogP contribution in [-0.4, -0.2) is 14.3 Å². The second-order valence-corrected chi connectivity index (χ2v) is 6.48. The van der Waals surface area contributed by atoms with Crippen molar-refractivity contribution in [3.63, 3.8) is 0 Å². The molecule has 2 aromatic rings. The summed E-state index contributed by atoms with van der Waals surface area (Å²) in [5, 5.41) is 2.46. The van der Waals surface area contributed by atoms with Crippen molar-refractivity contribution in [2.45, 2.75) is 18.7 Å². The Morgan fingerprint density at radius 2 is 1.73 bits per heavy atom. The molecule has 0 aliphatic heterocycles. The summed E-state index contributed by atoms with van der Waals surface area (Å²) < 4.78 is 40.4. The summed E-state index contributed by atoms with van der Waals surface area (Å²) in [5.74, 6) is -1.07. The lowest BCUT2D eigenvalue weighted by atomic mass is 10.2. The molecule has 0 unspecified atom stereocenters. The van der Waals surface area contributed by atoms with Crippen molar-refractivity contribution in [1.29, 1.82) is 0 Å². The normalized spacial score (nSPS) is 11.0. The molecule has 22 heavy (non-hydrogen) atoms. The van der Waals surface area contributed by atoms with Crippen LogP contribution in [0.4, 0.5) is 15.8 Å². The van der Waals surface area contributed by atoms with Gasteiger partial charge in [0.1, 0.15) is 5.82 Å². The Balaban J connectivity index is 2.32. The Morgan fingerprint density at radius 3 is 2.32 bits per heavy atom. The number of carbonyl (C=O) groups is 1. The Hall–Kier alpha value is -2.41. The van der Waals surface area contributed by atoms with Gasteiger partial charge in [0.15, 0.2) is 0 Å². The van der Waals surface area contributed by atoms with E-state index in [1.165, 1.54) is 31.2 Å². The van der Waals surface area contributed by atoms with E-state index in [4.69, 9.17) is 0 Å². The SMILES string of the molecule is CC(=O)Nc1ccc(F)c(NS(=O)(=O)c2ccc(C)cc2)c1. The molecule has 0 fully saturated rings. The highest BCUT2D eigenvalue weighted by atomic mass is 32.2. The minimum atomic E-state index is -3.90. The van der Waals surface area contributed by atoms with Crippen LogP contribution in [0, 0.1) is 12.7 Å². The number of hydrogen-bond acceptors (Lipinski definition) is 3. The summed E-state index contributed by atoms with van der Waals surface area (Å²) in [5.41, 5.74) is 0.986. The first-order valence-corrected chi connectivity index (χ1v) is 7.93. The van der Waals surface area contributed by atoms with Crippen molar-refractivity contribution < 1.29 is 17.6 Å². The molecule has 2 aromatic carbocycles. The molecule has 0 aromatic heterocycles. The Kier molecular flexibility index (Phi) is 4.46. The van der Waals surface area contributed by atoms with Crippen LogP contribution in [-0.2, 0) is 14.8 Å². The predicted octanol–water partition coefficient (Wildman–Crippen LogP) is 2.89. The first-order chi connectivity index (χ1) is 10.3. The molecule has 0 heterocycles. The Morgan fingerprint density at radius 1 is 1.09 bits per heavy atom. The monoisotopic (exact) mass is 322 g/mol. The van der Waals surface area contributed by atoms with E-state index in [0.29, 0.717) is 5.69 Å². The summed E-state index contributed by atoms with van der Waals surface area (Å²) in [4.78, 5) is 11.0. The molecule has 2 rings (SSSR count). The second-order valence-electron chi connectivity index (χ2n) is 4.79. The number of carbonyl (C=O) groups excluding carboxylic acids is 1. The predicted molar refractivity (Wildman–Crippen MR) is 82.7 cm³/mol. The molecule has 1 amide bonds. The summed E-state index contributed by atoms with van der Waals surface area (Å²) in [6.07, 6.45) is 0. The Bertz CT molecular complexity index is 802. The van der Waals surface area contributed by atoms with E-state index in [2.05, 4.69) is 10.0 Å². The fourth-order valence-corrected chi connectivity index (χ4v) is 2.86. The molecule has 0 bridgehead atoms. The average Bonchev–Trinajstić information content (AvgIpc) is 2.42. The number of nitrogens with one attached hydrogen (secondary N) is 2. The number of halogens is 1. The van der Waals surface area contributed by atoms with Crippen LogP contribution in [0.5, 0.6) is 0 Å². The smallest absolute Gasteiger partial charge is 0.261 e. The van der Waals surface area contributed by atoms with Crippen LogP contribution in [0.2, 0.25) is 0 Å². The number of aryl methyl sites for hydroxylation is 1. The quantitative estimate of drug-likeness (QED) is 0.909. The van der Waals surface area contributed by atoms with Crippen molar-refractivity contribution in [1.82, 2.24) is 0 Å². The number of hydrogen-bond donors (Lipinski definition) is 2. The molecule has 0 aliphatic carbocycles. The van der Waals surface area contributed by atoms with E-state index < -0.39 is 15.8 Å². The fraction of sp³-hybridized carbons (Fsp3) is 0.133. The highest BCUT2D eigenvalue weighted by Gasteiger charge is 2.16. The molecule has 0 aliphatic rings. The van der Waals surface area contributed by atoms with Crippen molar-refractivity contribution in [2.75, 3.05) is 10.0 Å². The molecule has 2 N–H and O–H groups in total. The minimum Gasteiger partial charge on any atom is -0.326 e. The standard InChI is InChI=1S/C15H15FN2O3S/c1-10-3-6-13(7-4-10)22(20,21)18-15-9-12(17-11(2)19)5-8-14(15)16/h3-9,18H,1-2H3,(H,17,19). The lowest BCUT2D eigenvalue weighted by molar-refractivity contribution is -0.114. The third-order valence-electron chi connectivity index (χ3n) is 2.86. The van der Waals surface area contributed by atoms with Crippen LogP contribution < -0.4 is 10.0 Å². The molecular formula is C15H15FN2O3S. The van der Waals surface area contributed by atoms with Gasteiger partial charge in [0.25, 0.3) is 10.0 Å². The van der Waals surface area contributed by atoms with E-state index in [-0.39, 0.29) is 16.5 Å². The number of sulfonamides is 1. The lowest BCUT2D eigenvalue weighted by Crippen LogP contribution is -2.14. The molecule has 0 saturated carbocycles. The third kappa shape index (κ3) is 3.82. The fourth-order valence-electron chi connectivity index (χ4n) is 1.81. The van der Waals surface area contributed by atoms with Gasteiger partial charge in [0.05, 0.1) is 10.6 Å². The Labute approximate surface area is 128 Å². The van der Waals surface area contributed by atoms with Crippen LogP contribution in [0.1, 0.15) is 12.5 Å². The lowest BCUT2D eigenvalue weighted by Gasteiger charge is -2.11. The summed E-state index contributed by atoms with van der Waals surface area (Å²) >= 11 is 0. The zero-order valence-electron chi connectivity index (χ0n) is 12.1. The van der Waals surface area contributed by atoms with Crippen molar-refractivity contribution >= 4 is 27.3 Å². The highest BCUT2D eigenvalue weighted by Crippen LogP contribution is 2.23. The second kappa shape index (κ2) is 6.15. The first kappa shape index (κ1) is 16.0. The van der Waals surface area contributed by atoms with Gasteiger partial charge in [0.2, 0.25) is 5.91 Å². The van der Waals surface area contributed by atoms with Gasteiger partial charge in [-0.1, -0.05) is 17.7 Å². The molecule has 7 heteroatoms. The minimum absolute atomic E-state index is 0.0300. The zero-order valence-corrected chi connectivity index (χ0v) is 12.9. The molecule has 0 atom stereocenters. The van der Waals surface area contributed by atoms with Gasteiger partial charge in [-0.15, -0.1) is 0 Å². The maximum absolute atomic E-state index is 13.8. The zero-order chi connectivity index (χ0) is 16.3. The molecule has 0 saturated heterocycles. The van der Waals surface area contributed by atoms with Gasteiger partial charge in [-0.25, -0.2) is 12.8 Å². The van der Waals surface area contributed by atoms with Gasteiger partial charge < -0.3 is 5.32 Å². The van der Waals surface area contributed by atoms with Crippen molar-refractivity contribution in [3.8, 4) is 0 Å². The number of amides is 1. The van der Waals surface area contributed by atoms with E-state index in [1.807, 2.05) is 6.92 Å². The van der Waals surface area contributed by atoms with E-state index in [9.17, 15) is 17.6 Å². The largest absolute Gasteiger partial charge is 0.326 e. The first-order valence-electron chi connectivity index (χ1n) is 6.44. The summed E-state index contributed by atoms with van der Waals surface area (Å²) in [6, 6.07) is 9.83. The van der Waals surface area contributed by atoms with Crippen LogP contribution >= 0.6 is 0 Å². The topological polar surface area (TPSA) is 75.3 Å². The van der Waals surface area contributed by atoms with Crippen molar-refractivity contribution in [3.05, 3.63) is 53.8 Å². The molecular weight excluding hydrogens is 307 g/mol. The van der Waals surface area contributed by atoms with E-state index in [0.717, 1.165) is 11.6 Å². The average molecular weight is 322 g/mol. The van der Waals surface area contributed by atoms with Gasteiger partial charge in [0, 0.05) is 12.6 Å². The third-order valence-corrected chi connectivity index (χ3v) is 4.24. The highest BCUT2D eigenvalue weighted by molar-refractivity contribution is 7.92. The van der Waals surface area contributed by atoms with Gasteiger partial charge in [-0.2, -0.15) is 0 Å². The van der Waals surface area contributed by atoms with E-state index in [1.54, 1.807) is 12.1 Å². The van der Waals surface area contributed by atoms with Crippen LogP contribution in [0.15, 0.2) is 47.4 Å².